The van der Waals surface area contributed by atoms with Gasteiger partial charge in [0.05, 0.1) is 0 Å². The SMILES string of the molecule is CCN(CCCl)C(=O)c1ncccc1C. The minimum Gasteiger partial charge on any atom is -0.336 e. The van der Waals surface area contributed by atoms with Crippen LogP contribution < -0.4 is 0 Å². The van der Waals surface area contributed by atoms with Crippen molar-refractivity contribution in [2.45, 2.75) is 13.8 Å². The van der Waals surface area contributed by atoms with Gasteiger partial charge in [0, 0.05) is 25.2 Å². The van der Waals surface area contributed by atoms with E-state index in [-0.39, 0.29) is 5.91 Å². The molecule has 0 aliphatic heterocycles. The number of nitrogens with zero attached hydrogens (tertiary/aromatic N) is 2. The van der Waals surface area contributed by atoms with Crippen LogP contribution in [0.25, 0.3) is 0 Å². The summed E-state index contributed by atoms with van der Waals surface area (Å²) in [6.45, 7) is 5.03. The fourth-order valence-corrected chi connectivity index (χ4v) is 1.57. The van der Waals surface area contributed by atoms with Crippen molar-refractivity contribution in [1.82, 2.24) is 9.88 Å². The van der Waals surface area contributed by atoms with E-state index < -0.39 is 0 Å². The topological polar surface area (TPSA) is 33.2 Å². The fraction of sp³-hybridized carbons (Fsp3) is 0.455. The quantitative estimate of drug-likeness (QED) is 0.737. The van der Waals surface area contributed by atoms with Crippen LogP contribution in [0, 0.1) is 6.92 Å². The molecule has 0 N–H and O–H groups in total. The molecule has 4 heteroatoms. The molecule has 0 bridgehead atoms. The number of hydrogen-bond acceptors (Lipinski definition) is 2. The van der Waals surface area contributed by atoms with Crippen molar-refractivity contribution in [2.75, 3.05) is 19.0 Å². The van der Waals surface area contributed by atoms with Crippen molar-refractivity contribution in [3.63, 3.8) is 0 Å². The zero-order valence-electron chi connectivity index (χ0n) is 9.03. The molecule has 0 radical (unpaired) electrons. The smallest absolute Gasteiger partial charge is 0.272 e. The number of amides is 1. The largest absolute Gasteiger partial charge is 0.336 e. The van der Waals surface area contributed by atoms with Crippen LogP contribution in [-0.4, -0.2) is 34.8 Å². The van der Waals surface area contributed by atoms with Crippen LogP contribution in [-0.2, 0) is 0 Å². The number of carbonyl (C=O) groups is 1. The summed E-state index contributed by atoms with van der Waals surface area (Å²) in [5.41, 5.74) is 1.42. The Labute approximate surface area is 95.1 Å². The Morgan fingerprint density at radius 2 is 2.33 bits per heavy atom. The predicted molar refractivity (Wildman–Crippen MR) is 61.3 cm³/mol. The second-order valence-electron chi connectivity index (χ2n) is 3.24. The molecule has 3 nitrogen and oxygen atoms in total. The molecule has 0 aliphatic rings. The number of rotatable bonds is 4. The van der Waals surface area contributed by atoms with E-state index in [1.54, 1.807) is 11.1 Å². The highest BCUT2D eigenvalue weighted by Gasteiger charge is 2.16. The van der Waals surface area contributed by atoms with Crippen LogP contribution in [0.2, 0.25) is 0 Å². The van der Waals surface area contributed by atoms with Crippen LogP contribution >= 0.6 is 11.6 Å². The van der Waals surface area contributed by atoms with Crippen molar-refractivity contribution in [3.8, 4) is 0 Å². The van der Waals surface area contributed by atoms with Gasteiger partial charge in [0.1, 0.15) is 5.69 Å². The average molecular weight is 227 g/mol. The zero-order chi connectivity index (χ0) is 11.3. The summed E-state index contributed by atoms with van der Waals surface area (Å²) < 4.78 is 0. The summed E-state index contributed by atoms with van der Waals surface area (Å²) in [5.74, 6) is 0.405. The van der Waals surface area contributed by atoms with E-state index in [2.05, 4.69) is 4.98 Å². The average Bonchev–Trinajstić information content (AvgIpc) is 2.25. The third kappa shape index (κ3) is 2.93. The molecule has 1 amide bonds. The number of alkyl halides is 1. The minimum absolute atomic E-state index is 0.0451. The van der Waals surface area contributed by atoms with Gasteiger partial charge in [-0.3, -0.25) is 9.78 Å². The molecule has 1 heterocycles. The molecule has 0 spiro atoms. The van der Waals surface area contributed by atoms with Crippen molar-refractivity contribution in [1.29, 1.82) is 0 Å². The maximum atomic E-state index is 12.0. The van der Waals surface area contributed by atoms with Gasteiger partial charge >= 0.3 is 0 Å². The van der Waals surface area contributed by atoms with Gasteiger partial charge in [0.2, 0.25) is 0 Å². The predicted octanol–water partition coefficient (Wildman–Crippen LogP) is 2.09. The van der Waals surface area contributed by atoms with Crippen LogP contribution in [0.5, 0.6) is 0 Å². The Morgan fingerprint density at radius 3 is 2.87 bits per heavy atom. The van der Waals surface area contributed by atoms with E-state index in [4.69, 9.17) is 11.6 Å². The summed E-state index contributed by atoms with van der Waals surface area (Å²) >= 11 is 5.63. The lowest BCUT2D eigenvalue weighted by Gasteiger charge is -2.19. The highest BCUT2D eigenvalue weighted by atomic mass is 35.5. The molecule has 0 saturated heterocycles. The summed E-state index contributed by atoms with van der Waals surface area (Å²) in [5, 5.41) is 0. The molecule has 0 saturated carbocycles. The van der Waals surface area contributed by atoms with Crippen LogP contribution in [0.3, 0.4) is 0 Å². The Morgan fingerprint density at radius 1 is 1.60 bits per heavy atom. The van der Waals surface area contributed by atoms with Gasteiger partial charge in [-0.1, -0.05) is 6.07 Å². The first-order valence-corrected chi connectivity index (χ1v) is 5.51. The minimum atomic E-state index is -0.0451. The maximum Gasteiger partial charge on any atom is 0.272 e. The molecule has 0 aliphatic carbocycles. The van der Waals surface area contributed by atoms with E-state index in [0.717, 1.165) is 5.56 Å². The summed E-state index contributed by atoms with van der Waals surface area (Å²) in [4.78, 5) is 17.8. The maximum absolute atomic E-state index is 12.0. The summed E-state index contributed by atoms with van der Waals surface area (Å²) in [7, 11) is 0. The van der Waals surface area contributed by atoms with Gasteiger partial charge in [-0.05, 0) is 25.5 Å². The lowest BCUT2D eigenvalue weighted by molar-refractivity contribution is 0.0767. The molecule has 1 aromatic rings. The van der Waals surface area contributed by atoms with Gasteiger partial charge in [0.25, 0.3) is 5.91 Å². The van der Waals surface area contributed by atoms with Crippen molar-refractivity contribution in [2.24, 2.45) is 0 Å². The first-order chi connectivity index (χ1) is 7.20. The third-order valence-corrected chi connectivity index (χ3v) is 2.40. The summed E-state index contributed by atoms with van der Waals surface area (Å²) in [6.07, 6.45) is 1.63. The Hall–Kier alpha value is -1.09. The number of aromatic nitrogens is 1. The van der Waals surface area contributed by atoms with Gasteiger partial charge in [-0.25, -0.2) is 0 Å². The molecule has 15 heavy (non-hydrogen) atoms. The molecular formula is C11H15ClN2O. The van der Waals surface area contributed by atoms with E-state index in [9.17, 15) is 4.79 Å². The lowest BCUT2D eigenvalue weighted by Crippen LogP contribution is -2.33. The van der Waals surface area contributed by atoms with Gasteiger partial charge in [-0.15, -0.1) is 11.6 Å². The standard InChI is InChI=1S/C11H15ClN2O/c1-3-14(8-6-12)11(15)10-9(2)5-4-7-13-10/h4-5,7H,3,6,8H2,1-2H3. The molecule has 0 fully saturated rings. The van der Waals surface area contributed by atoms with Crippen molar-refractivity contribution < 1.29 is 4.79 Å². The highest BCUT2D eigenvalue weighted by molar-refractivity contribution is 6.18. The molecule has 0 unspecified atom stereocenters. The van der Waals surface area contributed by atoms with Gasteiger partial charge in [0.15, 0.2) is 0 Å². The van der Waals surface area contributed by atoms with Crippen LogP contribution in [0.4, 0.5) is 0 Å². The molecule has 0 atom stereocenters. The molecular weight excluding hydrogens is 212 g/mol. The zero-order valence-corrected chi connectivity index (χ0v) is 9.79. The van der Waals surface area contributed by atoms with Crippen molar-refractivity contribution in [3.05, 3.63) is 29.6 Å². The Balaban J connectivity index is 2.88. The van der Waals surface area contributed by atoms with E-state index in [1.165, 1.54) is 0 Å². The second-order valence-corrected chi connectivity index (χ2v) is 3.62. The van der Waals surface area contributed by atoms with E-state index >= 15 is 0 Å². The second kappa shape index (κ2) is 5.71. The van der Waals surface area contributed by atoms with E-state index in [0.29, 0.717) is 24.7 Å². The number of halogens is 1. The van der Waals surface area contributed by atoms with E-state index in [1.807, 2.05) is 26.0 Å². The number of carbonyl (C=O) groups excluding carboxylic acids is 1. The third-order valence-electron chi connectivity index (χ3n) is 2.24. The molecule has 0 aromatic carbocycles. The lowest BCUT2D eigenvalue weighted by atomic mass is 10.2. The van der Waals surface area contributed by atoms with Crippen LogP contribution in [0.15, 0.2) is 18.3 Å². The number of hydrogen-bond donors (Lipinski definition) is 0. The Bertz CT molecular complexity index is 341. The van der Waals surface area contributed by atoms with Gasteiger partial charge < -0.3 is 4.90 Å². The number of pyridine rings is 1. The number of aryl methyl sites for hydroxylation is 1. The van der Waals surface area contributed by atoms with Crippen molar-refractivity contribution >= 4 is 17.5 Å². The highest BCUT2D eigenvalue weighted by Crippen LogP contribution is 2.07. The summed E-state index contributed by atoms with van der Waals surface area (Å²) in [6, 6.07) is 3.71. The molecule has 1 aromatic heterocycles. The molecule has 82 valence electrons. The fourth-order valence-electron chi connectivity index (χ4n) is 1.36. The Kier molecular flexibility index (Phi) is 4.56. The normalized spacial score (nSPS) is 10.1. The molecule has 1 rings (SSSR count). The first-order valence-electron chi connectivity index (χ1n) is 4.97. The monoisotopic (exact) mass is 226 g/mol. The first kappa shape index (κ1) is 12.0. The van der Waals surface area contributed by atoms with Gasteiger partial charge in [-0.2, -0.15) is 0 Å². The van der Waals surface area contributed by atoms with Crippen LogP contribution in [0.1, 0.15) is 23.0 Å².